The fourth-order valence-electron chi connectivity index (χ4n) is 1.91. The van der Waals surface area contributed by atoms with Gasteiger partial charge in [0.1, 0.15) is 0 Å². The lowest BCUT2D eigenvalue weighted by Crippen LogP contribution is -2.46. The fraction of sp³-hybridized carbons (Fsp3) is 0.500. The molecule has 0 amide bonds. The third kappa shape index (κ3) is 2.51. The van der Waals surface area contributed by atoms with Crippen LogP contribution in [0.1, 0.15) is 12.5 Å². The van der Waals surface area contributed by atoms with E-state index in [0.29, 0.717) is 24.7 Å². The van der Waals surface area contributed by atoms with Crippen LogP contribution in [0, 0.1) is 6.92 Å². The van der Waals surface area contributed by atoms with Crippen LogP contribution < -0.4 is 0 Å². The number of aryl methyl sites for hydroxylation is 1. The molecule has 1 heterocycles. The molecule has 0 unspecified atom stereocenters. The zero-order chi connectivity index (χ0) is 12.5. The summed E-state index contributed by atoms with van der Waals surface area (Å²) in [4.78, 5) is 0.358. The Morgan fingerprint density at radius 3 is 2.53 bits per heavy atom. The summed E-state index contributed by atoms with van der Waals surface area (Å²) in [6.07, 6.45) is 0. The molecule has 0 aliphatic carbocycles. The van der Waals surface area contributed by atoms with Gasteiger partial charge >= 0.3 is 0 Å². The molecule has 0 bridgehead atoms. The number of sulfonamides is 1. The number of benzene rings is 1. The van der Waals surface area contributed by atoms with Gasteiger partial charge in [0.05, 0.1) is 18.1 Å². The van der Waals surface area contributed by atoms with Gasteiger partial charge in [-0.2, -0.15) is 4.31 Å². The van der Waals surface area contributed by atoms with E-state index in [1.807, 2.05) is 26.0 Å². The molecule has 0 saturated carbocycles. The number of morpholine rings is 1. The Morgan fingerprint density at radius 2 is 1.94 bits per heavy atom. The van der Waals surface area contributed by atoms with Crippen LogP contribution >= 0.6 is 0 Å². The Hall–Kier alpha value is -0.910. The summed E-state index contributed by atoms with van der Waals surface area (Å²) in [7, 11) is -3.37. The van der Waals surface area contributed by atoms with Crippen molar-refractivity contribution in [2.45, 2.75) is 24.8 Å². The smallest absolute Gasteiger partial charge is 0.243 e. The Balaban J connectivity index is 2.32. The van der Waals surface area contributed by atoms with Gasteiger partial charge in [0.25, 0.3) is 0 Å². The van der Waals surface area contributed by atoms with Crippen LogP contribution in [0.2, 0.25) is 0 Å². The Kier molecular flexibility index (Phi) is 3.51. The van der Waals surface area contributed by atoms with Gasteiger partial charge < -0.3 is 4.74 Å². The van der Waals surface area contributed by atoms with Crippen LogP contribution in [0.3, 0.4) is 0 Å². The normalized spacial score (nSPS) is 22.6. The molecule has 0 N–H and O–H groups in total. The molecule has 2 rings (SSSR count). The first kappa shape index (κ1) is 12.5. The molecule has 1 aromatic carbocycles. The SMILES string of the molecule is Cc1ccc(S(=O)(=O)N2CCOC[C@H]2C)cc1. The van der Waals surface area contributed by atoms with Gasteiger partial charge in [0.2, 0.25) is 10.0 Å². The average molecular weight is 255 g/mol. The second-order valence-corrected chi connectivity index (χ2v) is 6.24. The summed E-state index contributed by atoms with van der Waals surface area (Å²) in [5, 5.41) is 0. The summed E-state index contributed by atoms with van der Waals surface area (Å²) in [5.41, 5.74) is 1.05. The van der Waals surface area contributed by atoms with Gasteiger partial charge in [-0.3, -0.25) is 0 Å². The van der Waals surface area contributed by atoms with Crippen molar-refractivity contribution in [3.8, 4) is 0 Å². The van der Waals surface area contributed by atoms with E-state index in [-0.39, 0.29) is 6.04 Å². The minimum atomic E-state index is -3.37. The van der Waals surface area contributed by atoms with Gasteiger partial charge in [0.15, 0.2) is 0 Å². The molecule has 0 spiro atoms. The molecule has 17 heavy (non-hydrogen) atoms. The van der Waals surface area contributed by atoms with E-state index in [4.69, 9.17) is 4.74 Å². The molecular weight excluding hydrogens is 238 g/mol. The third-order valence-electron chi connectivity index (χ3n) is 2.93. The van der Waals surface area contributed by atoms with Gasteiger partial charge in [-0.1, -0.05) is 17.7 Å². The van der Waals surface area contributed by atoms with Crippen molar-refractivity contribution in [2.24, 2.45) is 0 Å². The van der Waals surface area contributed by atoms with E-state index in [9.17, 15) is 8.42 Å². The minimum Gasteiger partial charge on any atom is -0.378 e. The van der Waals surface area contributed by atoms with Gasteiger partial charge in [-0.25, -0.2) is 8.42 Å². The largest absolute Gasteiger partial charge is 0.378 e. The van der Waals surface area contributed by atoms with Crippen LogP contribution in [-0.4, -0.2) is 38.5 Å². The van der Waals surface area contributed by atoms with E-state index in [1.54, 1.807) is 12.1 Å². The molecule has 0 radical (unpaired) electrons. The van der Waals surface area contributed by atoms with E-state index in [2.05, 4.69) is 0 Å². The lowest BCUT2D eigenvalue weighted by atomic mass is 10.2. The zero-order valence-electron chi connectivity index (χ0n) is 10.1. The predicted molar refractivity (Wildman–Crippen MR) is 65.4 cm³/mol. The van der Waals surface area contributed by atoms with E-state index >= 15 is 0 Å². The van der Waals surface area contributed by atoms with Gasteiger partial charge in [-0.15, -0.1) is 0 Å². The first-order valence-electron chi connectivity index (χ1n) is 5.68. The lowest BCUT2D eigenvalue weighted by Gasteiger charge is -2.32. The summed E-state index contributed by atoms with van der Waals surface area (Å²) in [6, 6.07) is 6.85. The maximum Gasteiger partial charge on any atom is 0.243 e. The maximum absolute atomic E-state index is 12.4. The van der Waals surface area contributed by atoms with E-state index < -0.39 is 10.0 Å². The standard InChI is InChI=1S/C12H17NO3S/c1-10-3-5-12(6-4-10)17(14,15)13-7-8-16-9-11(13)2/h3-6,11H,7-9H2,1-2H3/t11-/m1/s1. The molecule has 4 nitrogen and oxygen atoms in total. The van der Waals surface area contributed by atoms with Crippen molar-refractivity contribution in [3.05, 3.63) is 29.8 Å². The number of nitrogens with zero attached hydrogens (tertiary/aromatic N) is 1. The number of hydrogen-bond acceptors (Lipinski definition) is 3. The van der Waals surface area contributed by atoms with Crippen LogP contribution in [-0.2, 0) is 14.8 Å². The third-order valence-corrected chi connectivity index (χ3v) is 4.96. The maximum atomic E-state index is 12.4. The first-order valence-corrected chi connectivity index (χ1v) is 7.12. The number of hydrogen-bond donors (Lipinski definition) is 0. The molecule has 1 aliphatic rings. The Bertz CT molecular complexity index is 481. The highest BCUT2D eigenvalue weighted by Crippen LogP contribution is 2.20. The average Bonchev–Trinajstić information content (AvgIpc) is 2.30. The summed E-state index contributed by atoms with van der Waals surface area (Å²) < 4.78 is 31.5. The molecule has 1 aliphatic heterocycles. The van der Waals surface area contributed by atoms with Crippen molar-refractivity contribution in [3.63, 3.8) is 0 Å². The summed E-state index contributed by atoms with van der Waals surface area (Å²) >= 11 is 0. The highest BCUT2D eigenvalue weighted by Gasteiger charge is 2.31. The van der Waals surface area contributed by atoms with Crippen LogP contribution in [0.4, 0.5) is 0 Å². The second kappa shape index (κ2) is 4.76. The van der Waals surface area contributed by atoms with Gasteiger partial charge in [0, 0.05) is 12.6 Å². The number of rotatable bonds is 2. The molecular formula is C12H17NO3S. The highest BCUT2D eigenvalue weighted by molar-refractivity contribution is 7.89. The van der Waals surface area contributed by atoms with Gasteiger partial charge in [-0.05, 0) is 26.0 Å². The van der Waals surface area contributed by atoms with Crippen molar-refractivity contribution in [1.82, 2.24) is 4.31 Å². The second-order valence-electron chi connectivity index (χ2n) is 4.35. The number of ether oxygens (including phenoxy) is 1. The predicted octanol–water partition coefficient (Wildman–Crippen LogP) is 1.40. The summed E-state index contributed by atoms with van der Waals surface area (Å²) in [5.74, 6) is 0. The van der Waals surface area contributed by atoms with E-state index in [1.165, 1.54) is 4.31 Å². The monoisotopic (exact) mass is 255 g/mol. The fourth-order valence-corrected chi connectivity index (χ4v) is 3.51. The van der Waals surface area contributed by atoms with Crippen molar-refractivity contribution < 1.29 is 13.2 Å². The summed E-state index contributed by atoms with van der Waals surface area (Å²) in [6.45, 7) is 5.16. The Morgan fingerprint density at radius 1 is 1.29 bits per heavy atom. The quantitative estimate of drug-likeness (QED) is 0.802. The molecule has 0 aromatic heterocycles. The molecule has 1 saturated heterocycles. The topological polar surface area (TPSA) is 46.6 Å². The molecule has 94 valence electrons. The van der Waals surface area contributed by atoms with Crippen LogP contribution in [0.25, 0.3) is 0 Å². The van der Waals surface area contributed by atoms with Crippen LogP contribution in [0.5, 0.6) is 0 Å². The van der Waals surface area contributed by atoms with Crippen molar-refractivity contribution in [2.75, 3.05) is 19.8 Å². The van der Waals surface area contributed by atoms with Crippen molar-refractivity contribution >= 4 is 10.0 Å². The van der Waals surface area contributed by atoms with Crippen LogP contribution in [0.15, 0.2) is 29.2 Å². The zero-order valence-corrected chi connectivity index (χ0v) is 10.9. The molecule has 1 atom stereocenters. The van der Waals surface area contributed by atoms with Crippen molar-refractivity contribution in [1.29, 1.82) is 0 Å². The lowest BCUT2D eigenvalue weighted by molar-refractivity contribution is 0.0393. The molecule has 5 heteroatoms. The molecule has 1 aromatic rings. The highest BCUT2D eigenvalue weighted by atomic mass is 32.2. The minimum absolute atomic E-state index is 0.102. The first-order chi connectivity index (χ1) is 8.01. The van der Waals surface area contributed by atoms with E-state index in [0.717, 1.165) is 5.56 Å². The Labute approximate surface area is 102 Å². The molecule has 1 fully saturated rings.